The van der Waals surface area contributed by atoms with E-state index >= 15 is 0 Å². The van der Waals surface area contributed by atoms with Gasteiger partial charge in [-0.3, -0.25) is 4.57 Å². The molecule has 0 saturated heterocycles. The molecule has 0 amide bonds. The van der Waals surface area contributed by atoms with E-state index in [2.05, 4.69) is 32.0 Å². The summed E-state index contributed by atoms with van der Waals surface area (Å²) in [5, 5.41) is 0.573. The number of aromatic nitrogens is 2. The van der Waals surface area contributed by atoms with Gasteiger partial charge < -0.3 is 0 Å². The summed E-state index contributed by atoms with van der Waals surface area (Å²) in [7, 11) is 0. The van der Waals surface area contributed by atoms with E-state index in [1.54, 1.807) is 6.20 Å². The number of halogens is 1. The van der Waals surface area contributed by atoms with Crippen molar-refractivity contribution in [3.8, 4) is 11.4 Å². The molecule has 21 heavy (non-hydrogen) atoms. The van der Waals surface area contributed by atoms with Crippen LogP contribution in [-0.4, -0.2) is 9.55 Å². The largest absolute Gasteiger partial charge is 0.299 e. The molecule has 1 aromatic carbocycles. The molecule has 1 aromatic heterocycles. The lowest BCUT2D eigenvalue weighted by atomic mass is 10.0. The minimum Gasteiger partial charge on any atom is -0.299 e. The van der Waals surface area contributed by atoms with Gasteiger partial charge in [0.15, 0.2) is 0 Å². The number of hydrogen-bond acceptors (Lipinski definition) is 1. The Morgan fingerprint density at radius 2 is 1.90 bits per heavy atom. The molecule has 0 bridgehead atoms. The van der Waals surface area contributed by atoms with Gasteiger partial charge in [-0.15, -0.1) is 0 Å². The van der Waals surface area contributed by atoms with Crippen LogP contribution in [0.4, 0.5) is 0 Å². The zero-order chi connectivity index (χ0) is 15.4. The van der Waals surface area contributed by atoms with Crippen molar-refractivity contribution in [2.75, 3.05) is 0 Å². The average molecular weight is 299 g/mol. The second kappa shape index (κ2) is 6.59. The summed E-state index contributed by atoms with van der Waals surface area (Å²) in [6, 6.07) is 9.96. The molecule has 2 aromatic rings. The lowest BCUT2D eigenvalue weighted by Gasteiger charge is -2.12. The number of hydrogen-bond donors (Lipinski definition) is 0. The van der Waals surface area contributed by atoms with Crippen molar-refractivity contribution in [1.82, 2.24) is 9.55 Å². The number of rotatable bonds is 5. The van der Waals surface area contributed by atoms with E-state index in [4.69, 9.17) is 11.6 Å². The molecule has 0 aliphatic heterocycles. The molecule has 0 aliphatic carbocycles. The van der Waals surface area contributed by atoms with Gasteiger partial charge >= 0.3 is 0 Å². The van der Waals surface area contributed by atoms with Crippen LogP contribution < -0.4 is 0 Å². The lowest BCUT2D eigenvalue weighted by molar-refractivity contribution is 0.795. The monoisotopic (exact) mass is 298 g/mol. The summed E-state index contributed by atoms with van der Waals surface area (Å²) in [5.41, 5.74) is 2.69. The molecule has 2 rings (SSSR count). The first-order valence-electron chi connectivity index (χ1n) is 6.85. The molecule has 0 spiro atoms. The Morgan fingerprint density at radius 3 is 2.52 bits per heavy atom. The molecule has 0 aliphatic rings. The van der Waals surface area contributed by atoms with Crippen molar-refractivity contribution < 1.29 is 0 Å². The molecule has 3 heteroatoms. The highest BCUT2D eigenvalue weighted by Gasteiger charge is 2.11. The minimum atomic E-state index is 0.350. The summed E-state index contributed by atoms with van der Waals surface area (Å²) in [5.74, 6) is 1.17. The molecular formula is C18H19ClN2. The third-order valence-electron chi connectivity index (χ3n) is 3.29. The second-order valence-corrected chi connectivity index (χ2v) is 5.56. The molecular weight excluding hydrogens is 280 g/mol. The molecule has 108 valence electrons. The van der Waals surface area contributed by atoms with Gasteiger partial charge in [0.25, 0.3) is 0 Å². The van der Waals surface area contributed by atoms with Gasteiger partial charge in [-0.05, 0) is 12.0 Å². The third kappa shape index (κ3) is 3.53. The zero-order valence-corrected chi connectivity index (χ0v) is 13.1. The lowest BCUT2D eigenvalue weighted by Crippen LogP contribution is -1.99. The maximum Gasteiger partial charge on any atom is 0.144 e. The highest BCUT2D eigenvalue weighted by atomic mass is 35.5. The third-order valence-corrected chi connectivity index (χ3v) is 3.62. The smallest absolute Gasteiger partial charge is 0.144 e. The van der Waals surface area contributed by atoms with Crippen LogP contribution in [0, 0.1) is 5.92 Å². The van der Waals surface area contributed by atoms with E-state index in [9.17, 15) is 0 Å². The van der Waals surface area contributed by atoms with Gasteiger partial charge in [0, 0.05) is 18.0 Å². The Morgan fingerprint density at radius 1 is 1.24 bits per heavy atom. The molecule has 0 N–H and O–H groups in total. The van der Waals surface area contributed by atoms with Crippen LogP contribution in [0.15, 0.2) is 72.6 Å². The first-order valence-corrected chi connectivity index (χ1v) is 7.23. The van der Waals surface area contributed by atoms with Crippen LogP contribution >= 0.6 is 11.6 Å². The van der Waals surface area contributed by atoms with Gasteiger partial charge in [-0.1, -0.05) is 74.5 Å². The summed E-state index contributed by atoms with van der Waals surface area (Å²) in [6.07, 6.45) is 5.47. The van der Waals surface area contributed by atoms with Crippen molar-refractivity contribution in [3.63, 3.8) is 0 Å². The molecule has 0 unspecified atom stereocenters. The van der Waals surface area contributed by atoms with Crippen molar-refractivity contribution in [1.29, 1.82) is 0 Å². The molecule has 0 radical (unpaired) electrons. The van der Waals surface area contributed by atoms with E-state index in [0.717, 1.165) is 17.0 Å². The highest BCUT2D eigenvalue weighted by molar-refractivity contribution is 6.35. The van der Waals surface area contributed by atoms with Crippen LogP contribution in [0.5, 0.6) is 0 Å². The van der Waals surface area contributed by atoms with E-state index in [-0.39, 0.29) is 0 Å². The van der Waals surface area contributed by atoms with Gasteiger partial charge in [0.2, 0.25) is 0 Å². The zero-order valence-electron chi connectivity index (χ0n) is 12.4. The standard InChI is InChI=1S/C18H19ClN2/c1-13(2)14(3)12-17(19)15(4)21-11-10-20-18(21)16-8-6-5-7-9-16/h5-13H,3-4H2,1-2H3/b17-12+. The number of imidazole rings is 1. The molecule has 2 nitrogen and oxygen atoms in total. The number of benzene rings is 1. The normalized spacial score (nSPS) is 11.7. The number of nitrogens with zero attached hydrogens (tertiary/aromatic N) is 2. The maximum absolute atomic E-state index is 6.37. The Labute approximate surface area is 131 Å². The van der Waals surface area contributed by atoms with Crippen molar-refractivity contribution in [2.24, 2.45) is 5.92 Å². The van der Waals surface area contributed by atoms with Crippen LogP contribution in [0.3, 0.4) is 0 Å². The van der Waals surface area contributed by atoms with Crippen LogP contribution in [0.1, 0.15) is 13.8 Å². The van der Waals surface area contributed by atoms with Crippen LogP contribution in [-0.2, 0) is 0 Å². The summed E-state index contributed by atoms with van der Waals surface area (Å²) >= 11 is 6.37. The molecule has 1 heterocycles. The van der Waals surface area contributed by atoms with Crippen molar-refractivity contribution in [3.05, 3.63) is 72.6 Å². The average Bonchev–Trinajstić information content (AvgIpc) is 2.96. The predicted octanol–water partition coefficient (Wildman–Crippen LogP) is 5.36. The minimum absolute atomic E-state index is 0.350. The molecule has 0 saturated carbocycles. The Kier molecular flexibility index (Phi) is 4.81. The van der Waals surface area contributed by atoms with Crippen molar-refractivity contribution in [2.45, 2.75) is 13.8 Å². The number of allylic oxidation sites excluding steroid dienone is 4. The fourth-order valence-electron chi connectivity index (χ4n) is 1.85. The van der Waals surface area contributed by atoms with E-state index in [0.29, 0.717) is 16.6 Å². The molecule has 0 fully saturated rings. The molecule has 0 atom stereocenters. The fraction of sp³-hybridized carbons (Fsp3) is 0.167. The van der Waals surface area contributed by atoms with Gasteiger partial charge in [-0.2, -0.15) is 0 Å². The van der Waals surface area contributed by atoms with Gasteiger partial charge in [0.1, 0.15) is 5.82 Å². The van der Waals surface area contributed by atoms with E-state index in [1.165, 1.54) is 0 Å². The summed E-state index contributed by atoms with van der Waals surface area (Å²) in [6.45, 7) is 12.3. The quantitative estimate of drug-likeness (QED) is 0.680. The highest BCUT2D eigenvalue weighted by Crippen LogP contribution is 2.27. The fourth-order valence-corrected chi connectivity index (χ4v) is 2.08. The first kappa shape index (κ1) is 15.3. The van der Waals surface area contributed by atoms with E-state index < -0.39 is 0 Å². The van der Waals surface area contributed by atoms with Crippen LogP contribution in [0.25, 0.3) is 17.1 Å². The Balaban J connectivity index is 2.34. The van der Waals surface area contributed by atoms with Gasteiger partial charge in [-0.25, -0.2) is 4.98 Å². The second-order valence-electron chi connectivity index (χ2n) is 5.16. The van der Waals surface area contributed by atoms with Gasteiger partial charge in [0.05, 0.1) is 10.7 Å². The summed E-state index contributed by atoms with van der Waals surface area (Å²) < 4.78 is 1.89. The maximum atomic E-state index is 6.37. The Bertz CT molecular complexity index is 678. The van der Waals surface area contributed by atoms with E-state index in [1.807, 2.05) is 47.2 Å². The topological polar surface area (TPSA) is 17.8 Å². The SMILES string of the molecule is C=C(/C=C(/Cl)C(=C)n1ccnc1-c1ccccc1)C(C)C. The summed E-state index contributed by atoms with van der Waals surface area (Å²) in [4.78, 5) is 4.40. The first-order chi connectivity index (χ1) is 10.0. The Hall–Kier alpha value is -2.06. The van der Waals surface area contributed by atoms with Crippen molar-refractivity contribution >= 4 is 17.3 Å². The predicted molar refractivity (Wildman–Crippen MR) is 90.9 cm³/mol. The van der Waals surface area contributed by atoms with Crippen LogP contribution in [0.2, 0.25) is 0 Å².